The summed E-state index contributed by atoms with van der Waals surface area (Å²) in [5, 5.41) is 2.90. The number of pyridine rings is 1. The zero-order valence-corrected chi connectivity index (χ0v) is 10.3. The Hall–Kier alpha value is -1.75. The molecule has 0 aromatic carbocycles. The molecule has 0 atom stereocenters. The number of hydrogen-bond donors (Lipinski definition) is 1. The molecule has 17 heavy (non-hydrogen) atoms. The number of hydrogen-bond acceptors (Lipinski definition) is 5. The van der Waals surface area contributed by atoms with Crippen LogP contribution in [0.4, 0.5) is 5.82 Å². The molecule has 0 bridgehead atoms. The number of nitrogens with two attached hydrogens (primary N) is 1. The van der Waals surface area contributed by atoms with E-state index in [0.717, 1.165) is 16.3 Å². The highest BCUT2D eigenvalue weighted by Crippen LogP contribution is 2.12. The molecule has 2 rings (SSSR count). The Morgan fingerprint density at radius 2 is 2.29 bits per heavy atom. The topological polar surface area (TPSA) is 68.9 Å². The summed E-state index contributed by atoms with van der Waals surface area (Å²) in [4.78, 5) is 20.0. The monoisotopic (exact) mass is 247 g/mol. The quantitative estimate of drug-likeness (QED) is 0.894. The van der Waals surface area contributed by atoms with Crippen molar-refractivity contribution in [1.29, 1.82) is 0 Å². The number of carbonyl (C=O) groups excluding carboxylic acids is 1. The number of rotatable bonds is 4. The van der Waals surface area contributed by atoms with Gasteiger partial charge in [0.2, 0.25) is 0 Å². The Morgan fingerprint density at radius 3 is 2.94 bits per heavy atom. The number of nitrogen functional groups attached to an aromatic ring is 1. The van der Waals surface area contributed by atoms with E-state index in [4.69, 9.17) is 5.73 Å². The molecule has 0 aliphatic rings. The molecule has 0 amide bonds. The van der Waals surface area contributed by atoms with Gasteiger partial charge >= 0.3 is 0 Å². The van der Waals surface area contributed by atoms with E-state index >= 15 is 0 Å². The summed E-state index contributed by atoms with van der Waals surface area (Å²) in [6, 6.07) is 3.61. The summed E-state index contributed by atoms with van der Waals surface area (Å²) in [5.41, 5.74) is 7.30. The highest BCUT2D eigenvalue weighted by Gasteiger charge is 2.09. The largest absolute Gasteiger partial charge is 0.383 e. The number of anilines is 1. The molecule has 0 saturated carbocycles. The number of Topliss-reactive ketones (excluding diaryl/α,β-unsaturated/α-hetero) is 1. The molecule has 5 heteroatoms. The molecular formula is C12H13N3OS. The van der Waals surface area contributed by atoms with Crippen molar-refractivity contribution in [2.45, 2.75) is 19.8 Å². The molecule has 0 unspecified atom stereocenters. The van der Waals surface area contributed by atoms with Crippen molar-refractivity contribution in [3.63, 3.8) is 0 Å². The maximum absolute atomic E-state index is 11.8. The molecule has 0 aliphatic heterocycles. The molecule has 2 heterocycles. The normalized spacial score (nSPS) is 10.4. The fourth-order valence-electron chi connectivity index (χ4n) is 1.57. The molecule has 0 saturated heterocycles. The summed E-state index contributed by atoms with van der Waals surface area (Å²) in [5.74, 6) is 0.533. The van der Waals surface area contributed by atoms with Crippen LogP contribution in [0.3, 0.4) is 0 Å². The van der Waals surface area contributed by atoms with Gasteiger partial charge in [-0.15, -0.1) is 11.3 Å². The summed E-state index contributed by atoms with van der Waals surface area (Å²) in [6.07, 6.45) is 2.29. The minimum atomic E-state index is 0.106. The molecule has 2 aromatic rings. The standard InChI is InChI=1S/C12H13N3OS/c1-8-15-10(7-17-8)6-11(16)5-9-3-2-4-14-12(9)13/h2-4,7H,5-6H2,1H3,(H2,13,14). The second-order valence-corrected chi connectivity index (χ2v) is 4.86. The molecule has 0 fully saturated rings. The van der Waals surface area contributed by atoms with Crippen molar-refractivity contribution in [2.24, 2.45) is 0 Å². The van der Waals surface area contributed by atoms with Crippen molar-refractivity contribution < 1.29 is 4.79 Å². The zero-order valence-electron chi connectivity index (χ0n) is 9.51. The van der Waals surface area contributed by atoms with Crippen LogP contribution in [0.25, 0.3) is 0 Å². The van der Waals surface area contributed by atoms with Crippen LogP contribution in [0.5, 0.6) is 0 Å². The Morgan fingerprint density at radius 1 is 1.47 bits per heavy atom. The third kappa shape index (κ3) is 3.10. The second-order valence-electron chi connectivity index (χ2n) is 3.80. The van der Waals surface area contributed by atoms with E-state index in [2.05, 4.69) is 9.97 Å². The first-order chi connectivity index (χ1) is 8.15. The van der Waals surface area contributed by atoms with E-state index < -0.39 is 0 Å². The number of carbonyl (C=O) groups is 1. The van der Waals surface area contributed by atoms with Crippen LogP contribution in [0.15, 0.2) is 23.7 Å². The molecule has 4 nitrogen and oxygen atoms in total. The maximum atomic E-state index is 11.8. The molecule has 88 valence electrons. The van der Waals surface area contributed by atoms with Gasteiger partial charge in [-0.25, -0.2) is 9.97 Å². The number of ketones is 1. The molecule has 0 spiro atoms. The van der Waals surface area contributed by atoms with E-state index in [1.165, 1.54) is 0 Å². The van der Waals surface area contributed by atoms with Crippen LogP contribution >= 0.6 is 11.3 Å². The van der Waals surface area contributed by atoms with E-state index in [9.17, 15) is 4.79 Å². The molecular weight excluding hydrogens is 234 g/mol. The lowest BCUT2D eigenvalue weighted by molar-refractivity contribution is -0.117. The van der Waals surface area contributed by atoms with Crippen molar-refractivity contribution >= 4 is 22.9 Å². The summed E-state index contributed by atoms with van der Waals surface area (Å²) >= 11 is 1.56. The van der Waals surface area contributed by atoms with Gasteiger partial charge in [0.15, 0.2) is 0 Å². The summed E-state index contributed by atoms with van der Waals surface area (Å²) in [6.45, 7) is 1.93. The minimum absolute atomic E-state index is 0.106. The average Bonchev–Trinajstić information content (AvgIpc) is 2.67. The molecule has 0 aliphatic carbocycles. The Labute approximate surface area is 104 Å². The summed E-state index contributed by atoms with van der Waals surface area (Å²) < 4.78 is 0. The van der Waals surface area contributed by atoms with E-state index in [1.54, 1.807) is 23.6 Å². The number of aryl methyl sites for hydroxylation is 1. The molecule has 2 aromatic heterocycles. The van der Waals surface area contributed by atoms with Gasteiger partial charge in [-0.05, 0) is 13.0 Å². The Balaban J connectivity index is 2.01. The second kappa shape index (κ2) is 5.05. The minimum Gasteiger partial charge on any atom is -0.383 e. The maximum Gasteiger partial charge on any atom is 0.143 e. The van der Waals surface area contributed by atoms with E-state index in [1.807, 2.05) is 18.4 Å². The number of aromatic nitrogens is 2. The predicted octanol–water partition coefficient (Wildman–Crippen LogP) is 1.78. The predicted molar refractivity (Wildman–Crippen MR) is 67.9 cm³/mol. The van der Waals surface area contributed by atoms with Crippen LogP contribution in [0.1, 0.15) is 16.3 Å². The first-order valence-corrected chi connectivity index (χ1v) is 6.15. The van der Waals surface area contributed by atoms with Gasteiger partial charge in [-0.3, -0.25) is 4.79 Å². The van der Waals surface area contributed by atoms with E-state index in [-0.39, 0.29) is 5.78 Å². The lowest BCUT2D eigenvalue weighted by atomic mass is 10.1. The summed E-state index contributed by atoms with van der Waals surface area (Å²) in [7, 11) is 0. The fourth-order valence-corrected chi connectivity index (χ4v) is 2.18. The van der Waals surface area contributed by atoms with Crippen LogP contribution in [-0.4, -0.2) is 15.8 Å². The fraction of sp³-hybridized carbons (Fsp3) is 0.250. The van der Waals surface area contributed by atoms with Crippen molar-refractivity contribution in [3.8, 4) is 0 Å². The van der Waals surface area contributed by atoms with Crippen molar-refractivity contribution in [1.82, 2.24) is 9.97 Å². The van der Waals surface area contributed by atoms with Crippen LogP contribution < -0.4 is 5.73 Å². The zero-order chi connectivity index (χ0) is 12.3. The average molecular weight is 247 g/mol. The third-order valence-corrected chi connectivity index (χ3v) is 3.18. The van der Waals surface area contributed by atoms with Gasteiger partial charge in [0, 0.05) is 30.0 Å². The van der Waals surface area contributed by atoms with Crippen LogP contribution in [0, 0.1) is 6.92 Å². The lowest BCUT2D eigenvalue weighted by Crippen LogP contribution is -2.09. The van der Waals surface area contributed by atoms with Gasteiger partial charge < -0.3 is 5.73 Å². The van der Waals surface area contributed by atoms with Crippen LogP contribution in [0.2, 0.25) is 0 Å². The highest BCUT2D eigenvalue weighted by atomic mass is 32.1. The van der Waals surface area contributed by atoms with Gasteiger partial charge in [-0.2, -0.15) is 0 Å². The highest BCUT2D eigenvalue weighted by molar-refractivity contribution is 7.09. The first-order valence-electron chi connectivity index (χ1n) is 5.27. The van der Waals surface area contributed by atoms with E-state index in [0.29, 0.717) is 18.7 Å². The Bertz CT molecular complexity index is 536. The SMILES string of the molecule is Cc1nc(CC(=O)Cc2cccnc2N)cs1. The number of nitrogens with zero attached hydrogens (tertiary/aromatic N) is 2. The van der Waals surface area contributed by atoms with Gasteiger partial charge in [0.25, 0.3) is 0 Å². The Kier molecular flexibility index (Phi) is 3.49. The van der Waals surface area contributed by atoms with Crippen LogP contribution in [-0.2, 0) is 17.6 Å². The first kappa shape index (κ1) is 11.7. The van der Waals surface area contributed by atoms with Gasteiger partial charge in [-0.1, -0.05) is 6.07 Å². The third-order valence-electron chi connectivity index (χ3n) is 2.36. The van der Waals surface area contributed by atoms with Gasteiger partial charge in [0.05, 0.1) is 10.7 Å². The van der Waals surface area contributed by atoms with Gasteiger partial charge in [0.1, 0.15) is 11.6 Å². The lowest BCUT2D eigenvalue weighted by Gasteiger charge is -2.02. The smallest absolute Gasteiger partial charge is 0.143 e. The number of thiazole rings is 1. The van der Waals surface area contributed by atoms with Crippen molar-refractivity contribution in [3.05, 3.63) is 40.0 Å². The molecule has 0 radical (unpaired) electrons. The van der Waals surface area contributed by atoms with Crippen molar-refractivity contribution in [2.75, 3.05) is 5.73 Å². The molecule has 2 N–H and O–H groups in total.